The van der Waals surface area contributed by atoms with Crippen LogP contribution in [0.15, 0.2) is 29.0 Å². The number of halogens is 1. The lowest BCUT2D eigenvalue weighted by molar-refractivity contribution is 0.415. The molecule has 0 spiro atoms. The van der Waals surface area contributed by atoms with Crippen LogP contribution in [-0.2, 0) is 0 Å². The number of nitrogens with zero attached hydrogens (tertiary/aromatic N) is 2. The zero-order valence-electron chi connectivity index (χ0n) is 11.7. The lowest BCUT2D eigenvalue weighted by Crippen LogP contribution is -2.06. The van der Waals surface area contributed by atoms with Gasteiger partial charge in [-0.25, -0.2) is 9.97 Å². The van der Waals surface area contributed by atoms with E-state index < -0.39 is 0 Å². The highest BCUT2D eigenvalue weighted by Crippen LogP contribution is 2.33. The number of ether oxygens (including phenoxy) is 1. The summed E-state index contributed by atoms with van der Waals surface area (Å²) in [5.74, 6) is 1.90. The van der Waals surface area contributed by atoms with Crippen LogP contribution in [0.1, 0.15) is 12.5 Å². The summed E-state index contributed by atoms with van der Waals surface area (Å²) in [7, 11) is 1.61. The van der Waals surface area contributed by atoms with Crippen molar-refractivity contribution in [3.05, 3.63) is 34.6 Å². The Hall–Kier alpha value is -1.82. The van der Waals surface area contributed by atoms with Gasteiger partial charge >= 0.3 is 0 Å². The van der Waals surface area contributed by atoms with E-state index in [2.05, 4.69) is 36.5 Å². The van der Waals surface area contributed by atoms with Crippen molar-refractivity contribution in [1.29, 1.82) is 0 Å². The van der Waals surface area contributed by atoms with Crippen molar-refractivity contribution in [2.45, 2.75) is 13.8 Å². The summed E-state index contributed by atoms with van der Waals surface area (Å²) in [4.78, 5) is 8.42. The summed E-state index contributed by atoms with van der Waals surface area (Å²) in [5.41, 5.74) is 2.11. The van der Waals surface area contributed by atoms with E-state index in [1.165, 1.54) is 11.9 Å². The Morgan fingerprint density at radius 2 is 2.00 bits per heavy atom. The largest absolute Gasteiger partial charge is 0.490 e. The molecule has 0 unspecified atom stereocenters. The molecule has 1 aromatic carbocycles. The van der Waals surface area contributed by atoms with E-state index in [9.17, 15) is 0 Å². The highest BCUT2D eigenvalue weighted by molar-refractivity contribution is 9.10. The minimum Gasteiger partial charge on any atom is -0.490 e. The first-order valence-corrected chi connectivity index (χ1v) is 7.11. The Kier molecular flexibility index (Phi) is 4.79. The molecule has 6 heteroatoms. The molecule has 0 saturated heterocycles. The molecule has 0 bridgehead atoms. The molecular weight excluding hydrogens is 320 g/mol. The van der Waals surface area contributed by atoms with Gasteiger partial charge in [0.25, 0.3) is 0 Å². The van der Waals surface area contributed by atoms with E-state index in [0.717, 1.165) is 16.7 Å². The Bertz CT molecular complexity index is 604. The average molecular weight is 337 g/mol. The van der Waals surface area contributed by atoms with Gasteiger partial charge in [0, 0.05) is 11.0 Å². The second-order valence-corrected chi connectivity index (χ2v) is 5.10. The van der Waals surface area contributed by atoms with Crippen molar-refractivity contribution in [2.24, 2.45) is 0 Å². The standard InChI is InChI=1S/C14H17BrN4O/c1-4-16-13-12(20-3)14(18-8-17-13)19-11-6-5-9(2)7-10(11)15/h5-8H,4H2,1-3H3,(H2,16,17,18,19). The highest BCUT2D eigenvalue weighted by atomic mass is 79.9. The van der Waals surface area contributed by atoms with Crippen LogP contribution in [0.3, 0.4) is 0 Å². The van der Waals surface area contributed by atoms with E-state index in [4.69, 9.17) is 4.74 Å². The van der Waals surface area contributed by atoms with E-state index in [1.807, 2.05) is 32.0 Å². The van der Waals surface area contributed by atoms with Gasteiger partial charge in [0.05, 0.1) is 12.8 Å². The van der Waals surface area contributed by atoms with Gasteiger partial charge in [0.15, 0.2) is 11.6 Å². The fraction of sp³-hybridized carbons (Fsp3) is 0.286. The van der Waals surface area contributed by atoms with Gasteiger partial charge in [-0.3, -0.25) is 0 Å². The van der Waals surface area contributed by atoms with Gasteiger partial charge in [0.2, 0.25) is 5.75 Å². The molecule has 2 N–H and O–H groups in total. The fourth-order valence-electron chi connectivity index (χ4n) is 1.80. The molecular formula is C14H17BrN4O. The lowest BCUT2D eigenvalue weighted by atomic mass is 10.2. The Morgan fingerprint density at radius 3 is 2.65 bits per heavy atom. The van der Waals surface area contributed by atoms with Crippen LogP contribution in [-0.4, -0.2) is 23.6 Å². The molecule has 0 radical (unpaired) electrons. The third kappa shape index (κ3) is 3.19. The van der Waals surface area contributed by atoms with Gasteiger partial charge < -0.3 is 15.4 Å². The minimum atomic E-state index is 0.599. The molecule has 20 heavy (non-hydrogen) atoms. The van der Waals surface area contributed by atoms with Crippen LogP contribution in [0.4, 0.5) is 17.3 Å². The molecule has 1 heterocycles. The Labute approximate surface area is 126 Å². The highest BCUT2D eigenvalue weighted by Gasteiger charge is 2.12. The second-order valence-electron chi connectivity index (χ2n) is 4.24. The fourth-order valence-corrected chi connectivity index (χ4v) is 2.39. The first kappa shape index (κ1) is 14.6. The first-order chi connectivity index (χ1) is 9.65. The number of hydrogen-bond donors (Lipinski definition) is 2. The monoisotopic (exact) mass is 336 g/mol. The number of rotatable bonds is 5. The number of nitrogens with one attached hydrogen (secondary N) is 2. The van der Waals surface area contributed by atoms with Crippen molar-refractivity contribution >= 4 is 33.3 Å². The number of hydrogen-bond acceptors (Lipinski definition) is 5. The average Bonchev–Trinajstić information content (AvgIpc) is 2.42. The normalized spacial score (nSPS) is 10.2. The molecule has 1 aromatic heterocycles. The third-order valence-corrected chi connectivity index (χ3v) is 3.39. The van der Waals surface area contributed by atoms with Gasteiger partial charge in [-0.15, -0.1) is 0 Å². The first-order valence-electron chi connectivity index (χ1n) is 6.31. The van der Waals surface area contributed by atoms with Crippen LogP contribution in [0.25, 0.3) is 0 Å². The molecule has 2 rings (SSSR count). The summed E-state index contributed by atoms with van der Waals surface area (Å²) < 4.78 is 6.37. The summed E-state index contributed by atoms with van der Waals surface area (Å²) in [6.45, 7) is 4.81. The predicted octanol–water partition coefficient (Wildman–Crippen LogP) is 3.73. The Morgan fingerprint density at radius 1 is 1.25 bits per heavy atom. The van der Waals surface area contributed by atoms with Crippen LogP contribution in [0.5, 0.6) is 5.75 Å². The molecule has 0 saturated carbocycles. The van der Waals surface area contributed by atoms with Crippen LogP contribution in [0.2, 0.25) is 0 Å². The number of aryl methyl sites for hydroxylation is 1. The van der Waals surface area contributed by atoms with Gasteiger partial charge in [-0.1, -0.05) is 6.07 Å². The van der Waals surface area contributed by atoms with Crippen LogP contribution in [0, 0.1) is 6.92 Å². The van der Waals surface area contributed by atoms with Crippen molar-refractivity contribution in [3.63, 3.8) is 0 Å². The molecule has 0 aliphatic rings. The van der Waals surface area contributed by atoms with Crippen LogP contribution < -0.4 is 15.4 Å². The molecule has 106 valence electrons. The zero-order valence-corrected chi connectivity index (χ0v) is 13.3. The number of aromatic nitrogens is 2. The maximum atomic E-state index is 5.40. The van der Waals surface area contributed by atoms with Crippen molar-refractivity contribution in [1.82, 2.24) is 9.97 Å². The van der Waals surface area contributed by atoms with E-state index in [1.54, 1.807) is 7.11 Å². The zero-order chi connectivity index (χ0) is 14.5. The molecule has 5 nitrogen and oxygen atoms in total. The van der Waals surface area contributed by atoms with E-state index in [0.29, 0.717) is 17.4 Å². The second kappa shape index (κ2) is 6.56. The Balaban J connectivity index is 2.35. The number of anilines is 3. The van der Waals surface area contributed by atoms with Gasteiger partial charge in [-0.05, 0) is 47.5 Å². The van der Waals surface area contributed by atoms with Crippen LogP contribution >= 0.6 is 15.9 Å². The van der Waals surface area contributed by atoms with Crippen molar-refractivity contribution < 1.29 is 4.74 Å². The minimum absolute atomic E-state index is 0.599. The third-order valence-electron chi connectivity index (χ3n) is 2.73. The molecule has 0 atom stereocenters. The maximum Gasteiger partial charge on any atom is 0.204 e. The van der Waals surface area contributed by atoms with Crippen molar-refractivity contribution in [3.8, 4) is 5.75 Å². The summed E-state index contributed by atoms with van der Waals surface area (Å²) in [5, 5.41) is 6.40. The topological polar surface area (TPSA) is 59.1 Å². The predicted molar refractivity (Wildman–Crippen MR) is 84.9 cm³/mol. The summed E-state index contributed by atoms with van der Waals surface area (Å²) in [6, 6.07) is 6.07. The molecule has 0 amide bonds. The molecule has 0 aliphatic carbocycles. The molecule has 0 aliphatic heterocycles. The maximum absolute atomic E-state index is 5.40. The number of benzene rings is 1. The van der Waals surface area contributed by atoms with Gasteiger partial charge in [-0.2, -0.15) is 0 Å². The molecule has 2 aromatic rings. The van der Waals surface area contributed by atoms with E-state index >= 15 is 0 Å². The number of methoxy groups -OCH3 is 1. The summed E-state index contributed by atoms with van der Waals surface area (Å²) in [6.07, 6.45) is 1.50. The quantitative estimate of drug-likeness (QED) is 0.871. The smallest absolute Gasteiger partial charge is 0.204 e. The summed E-state index contributed by atoms with van der Waals surface area (Å²) >= 11 is 3.54. The lowest BCUT2D eigenvalue weighted by Gasteiger charge is -2.14. The SMILES string of the molecule is CCNc1ncnc(Nc2ccc(C)cc2Br)c1OC. The van der Waals surface area contributed by atoms with Gasteiger partial charge in [0.1, 0.15) is 6.33 Å². The van der Waals surface area contributed by atoms with E-state index in [-0.39, 0.29) is 0 Å². The van der Waals surface area contributed by atoms with Crippen molar-refractivity contribution in [2.75, 3.05) is 24.3 Å². The molecule has 0 fully saturated rings.